The molecule has 0 unspecified atom stereocenters. The first-order valence-electron chi connectivity index (χ1n) is 9.06. The summed E-state index contributed by atoms with van der Waals surface area (Å²) in [7, 11) is 0. The van der Waals surface area contributed by atoms with Gasteiger partial charge in [-0.25, -0.2) is 9.59 Å². The highest BCUT2D eigenvalue weighted by atomic mass is 16.6. The number of hydrogen-bond donors (Lipinski definition) is 4. The average Bonchev–Trinajstić information content (AvgIpc) is 2.70. The van der Waals surface area contributed by atoms with E-state index in [0.717, 1.165) is 0 Å². The Morgan fingerprint density at radius 1 is 0.655 bits per heavy atom. The third-order valence-electron chi connectivity index (χ3n) is 3.56. The predicted molar refractivity (Wildman–Crippen MR) is 106 cm³/mol. The van der Waals surface area contributed by atoms with Crippen molar-refractivity contribution < 1.29 is 34.0 Å². The molecular formula is C20H24N2O7. The summed E-state index contributed by atoms with van der Waals surface area (Å²) in [6, 6.07) is 12.1. The van der Waals surface area contributed by atoms with Crippen LogP contribution in [0.2, 0.25) is 0 Å². The molecule has 2 aromatic rings. The first-order valence-corrected chi connectivity index (χ1v) is 9.06. The topological polar surface area (TPSA) is 126 Å². The van der Waals surface area contributed by atoms with Gasteiger partial charge >= 0.3 is 12.2 Å². The normalized spacial score (nSPS) is 10.2. The fourth-order valence-corrected chi connectivity index (χ4v) is 2.15. The van der Waals surface area contributed by atoms with E-state index >= 15 is 0 Å². The molecule has 9 heteroatoms. The maximum absolute atomic E-state index is 11.6. The number of hydrogen-bond acceptors (Lipinski definition) is 7. The number of rotatable bonds is 10. The first-order chi connectivity index (χ1) is 14.0. The number of aromatic hydroxyl groups is 2. The van der Waals surface area contributed by atoms with Gasteiger partial charge in [-0.1, -0.05) is 0 Å². The lowest BCUT2D eigenvalue weighted by atomic mass is 10.3. The molecule has 0 saturated heterocycles. The molecule has 0 spiro atoms. The fourth-order valence-electron chi connectivity index (χ4n) is 2.15. The molecule has 2 rings (SSSR count). The van der Waals surface area contributed by atoms with E-state index in [1.165, 1.54) is 24.3 Å². The van der Waals surface area contributed by atoms with Gasteiger partial charge in [-0.15, -0.1) is 0 Å². The molecule has 4 N–H and O–H groups in total. The molecule has 0 bridgehead atoms. The molecule has 0 aliphatic rings. The molecule has 156 valence electrons. The van der Waals surface area contributed by atoms with Gasteiger partial charge in [0.1, 0.15) is 11.5 Å². The zero-order valence-electron chi connectivity index (χ0n) is 15.8. The summed E-state index contributed by atoms with van der Waals surface area (Å²) in [6.45, 7) is 1.23. The summed E-state index contributed by atoms with van der Waals surface area (Å²) in [5, 5.41) is 23.4. The van der Waals surface area contributed by atoms with Crippen molar-refractivity contribution >= 4 is 23.6 Å². The molecule has 29 heavy (non-hydrogen) atoms. The van der Waals surface area contributed by atoms with Gasteiger partial charge in [-0.3, -0.25) is 10.6 Å². The van der Waals surface area contributed by atoms with E-state index in [9.17, 15) is 19.8 Å². The molecule has 2 aromatic carbocycles. The Balaban J connectivity index is 1.42. The van der Waals surface area contributed by atoms with Crippen molar-refractivity contribution in [1.29, 1.82) is 0 Å². The number of anilines is 2. The molecule has 0 aliphatic heterocycles. The predicted octanol–water partition coefficient (Wildman–Crippen LogP) is 3.69. The van der Waals surface area contributed by atoms with Crippen LogP contribution < -0.4 is 10.6 Å². The van der Waals surface area contributed by atoms with Crippen molar-refractivity contribution in [3.05, 3.63) is 48.5 Å². The minimum absolute atomic E-state index is 0.115. The number of ether oxygens (including phenoxy) is 3. The van der Waals surface area contributed by atoms with Gasteiger partial charge in [-0.05, 0) is 48.5 Å². The molecule has 0 fully saturated rings. The van der Waals surface area contributed by atoms with E-state index in [2.05, 4.69) is 10.6 Å². The Morgan fingerprint density at radius 2 is 1.03 bits per heavy atom. The van der Waals surface area contributed by atoms with E-state index in [1.807, 2.05) is 0 Å². The number of nitrogens with one attached hydrogen (secondary N) is 2. The average molecular weight is 404 g/mol. The molecule has 0 heterocycles. The van der Waals surface area contributed by atoms with Crippen LogP contribution in [0, 0.1) is 0 Å². The summed E-state index contributed by atoms with van der Waals surface area (Å²) in [5.74, 6) is 0.230. The second-order valence-electron chi connectivity index (χ2n) is 5.94. The smallest absolute Gasteiger partial charge is 0.411 e. The Hall–Kier alpha value is -3.46. The monoisotopic (exact) mass is 404 g/mol. The van der Waals surface area contributed by atoms with Gasteiger partial charge in [-0.2, -0.15) is 0 Å². The van der Waals surface area contributed by atoms with Crippen LogP contribution in [0.15, 0.2) is 48.5 Å². The van der Waals surface area contributed by atoms with E-state index in [1.54, 1.807) is 24.3 Å². The molecule has 0 radical (unpaired) electrons. The van der Waals surface area contributed by atoms with Crippen molar-refractivity contribution in [1.82, 2.24) is 0 Å². The number of carbonyl (C=O) groups is 2. The fraction of sp³-hybridized carbons (Fsp3) is 0.300. The highest BCUT2D eigenvalue weighted by molar-refractivity contribution is 5.85. The van der Waals surface area contributed by atoms with Crippen LogP contribution in [-0.4, -0.2) is 48.8 Å². The van der Waals surface area contributed by atoms with Gasteiger partial charge < -0.3 is 24.4 Å². The summed E-state index contributed by atoms with van der Waals surface area (Å²) in [4.78, 5) is 23.2. The van der Waals surface area contributed by atoms with Crippen LogP contribution >= 0.6 is 0 Å². The summed E-state index contributed by atoms with van der Waals surface area (Å²) >= 11 is 0. The zero-order valence-corrected chi connectivity index (χ0v) is 15.8. The van der Waals surface area contributed by atoms with Crippen LogP contribution in [0.5, 0.6) is 11.5 Å². The highest BCUT2D eigenvalue weighted by Crippen LogP contribution is 2.14. The van der Waals surface area contributed by atoms with Crippen LogP contribution in [0.25, 0.3) is 0 Å². The van der Waals surface area contributed by atoms with Crippen molar-refractivity contribution in [2.45, 2.75) is 12.8 Å². The Labute approximate surface area is 168 Å². The highest BCUT2D eigenvalue weighted by Gasteiger charge is 2.04. The Bertz CT molecular complexity index is 698. The maximum atomic E-state index is 11.6. The quantitative estimate of drug-likeness (QED) is 0.351. The molecule has 0 atom stereocenters. The largest absolute Gasteiger partial charge is 0.508 e. The third-order valence-corrected chi connectivity index (χ3v) is 3.56. The van der Waals surface area contributed by atoms with Crippen molar-refractivity contribution in [2.24, 2.45) is 0 Å². The minimum atomic E-state index is -0.580. The van der Waals surface area contributed by atoms with Crippen LogP contribution in [0.4, 0.5) is 21.0 Å². The van der Waals surface area contributed by atoms with Crippen molar-refractivity contribution in [2.75, 3.05) is 37.1 Å². The first kappa shape index (κ1) is 21.8. The molecule has 0 aromatic heterocycles. The Morgan fingerprint density at radius 3 is 1.41 bits per heavy atom. The number of amides is 2. The van der Waals surface area contributed by atoms with Crippen LogP contribution in [0.3, 0.4) is 0 Å². The van der Waals surface area contributed by atoms with E-state index in [4.69, 9.17) is 14.2 Å². The van der Waals surface area contributed by atoms with Gasteiger partial charge in [0.15, 0.2) is 0 Å². The molecular weight excluding hydrogens is 380 g/mol. The summed E-state index contributed by atoms with van der Waals surface area (Å²) in [5.41, 5.74) is 1.05. The van der Waals surface area contributed by atoms with Crippen molar-refractivity contribution in [3.63, 3.8) is 0 Å². The third kappa shape index (κ3) is 9.34. The summed E-state index contributed by atoms with van der Waals surface area (Å²) in [6.07, 6.45) is -0.0939. The number of benzene rings is 2. The standard InChI is InChI=1S/C20H24N2O7/c23-17-7-3-15(4-8-17)21-19(25)28-13-1-11-27-12-2-14-29-20(26)22-16-5-9-18(24)10-6-16/h3-10,23-24H,1-2,11-14H2,(H,21,25)(H,22,26). The minimum Gasteiger partial charge on any atom is -0.508 e. The van der Waals surface area contributed by atoms with E-state index in [0.29, 0.717) is 37.4 Å². The second kappa shape index (κ2) is 12.1. The lowest BCUT2D eigenvalue weighted by Crippen LogP contribution is -2.16. The SMILES string of the molecule is O=C(Nc1ccc(O)cc1)OCCCOCCCOC(=O)Nc1ccc(O)cc1. The van der Waals surface area contributed by atoms with Gasteiger partial charge in [0.2, 0.25) is 0 Å². The molecule has 0 aliphatic carbocycles. The molecule has 9 nitrogen and oxygen atoms in total. The van der Waals surface area contributed by atoms with Crippen LogP contribution in [-0.2, 0) is 14.2 Å². The number of carbonyl (C=O) groups excluding carboxylic acids is 2. The van der Waals surface area contributed by atoms with Crippen LogP contribution in [0.1, 0.15) is 12.8 Å². The summed E-state index contributed by atoms with van der Waals surface area (Å²) < 4.78 is 15.4. The molecule has 2 amide bonds. The Kier molecular flexibility index (Phi) is 9.10. The lowest BCUT2D eigenvalue weighted by molar-refractivity contribution is 0.0901. The molecule has 0 saturated carbocycles. The van der Waals surface area contributed by atoms with Gasteiger partial charge in [0.05, 0.1) is 13.2 Å². The van der Waals surface area contributed by atoms with Crippen molar-refractivity contribution in [3.8, 4) is 11.5 Å². The second-order valence-corrected chi connectivity index (χ2v) is 5.94. The number of phenolic OH excluding ortho intramolecular Hbond substituents is 2. The number of phenols is 2. The van der Waals surface area contributed by atoms with Gasteiger partial charge in [0, 0.05) is 37.4 Å². The zero-order chi connectivity index (χ0) is 20.9. The maximum Gasteiger partial charge on any atom is 0.411 e. The lowest BCUT2D eigenvalue weighted by Gasteiger charge is -2.08. The van der Waals surface area contributed by atoms with Gasteiger partial charge in [0.25, 0.3) is 0 Å². The van der Waals surface area contributed by atoms with E-state index in [-0.39, 0.29) is 24.7 Å². The van der Waals surface area contributed by atoms with E-state index < -0.39 is 12.2 Å².